The molecule has 0 heterocycles. The summed E-state index contributed by atoms with van der Waals surface area (Å²) in [6.07, 6.45) is 0. The molecule has 0 atom stereocenters. The van der Waals surface area contributed by atoms with Gasteiger partial charge in [-0.1, -0.05) is 65.7 Å². The van der Waals surface area contributed by atoms with Crippen molar-refractivity contribution in [2.45, 2.75) is 4.90 Å². The van der Waals surface area contributed by atoms with E-state index in [2.05, 4.69) is 4.72 Å². The lowest BCUT2D eigenvalue weighted by Gasteiger charge is -2.13. The van der Waals surface area contributed by atoms with Crippen molar-refractivity contribution in [3.05, 3.63) is 82.8 Å². The first-order valence-electron chi connectivity index (χ1n) is 7.10. The molecule has 0 saturated carbocycles. The molecule has 3 aromatic rings. The van der Waals surface area contributed by atoms with Crippen LogP contribution in [0.2, 0.25) is 10.0 Å². The van der Waals surface area contributed by atoms with E-state index in [9.17, 15) is 8.42 Å². The van der Waals surface area contributed by atoms with Gasteiger partial charge in [0.1, 0.15) is 0 Å². The van der Waals surface area contributed by atoms with Gasteiger partial charge in [-0.3, -0.25) is 4.72 Å². The maximum atomic E-state index is 12.8. The molecule has 0 aliphatic carbocycles. The van der Waals surface area contributed by atoms with Crippen LogP contribution < -0.4 is 4.72 Å². The number of halogens is 2. The van der Waals surface area contributed by atoms with Crippen LogP contribution in [0.15, 0.2) is 77.7 Å². The fourth-order valence-corrected chi connectivity index (χ4v) is 3.91. The monoisotopic (exact) mass is 377 g/mol. The fraction of sp³-hybridized carbons (Fsp3) is 0. The summed E-state index contributed by atoms with van der Waals surface area (Å²) in [5, 5.41) is 0.792. The highest BCUT2D eigenvalue weighted by atomic mass is 35.5. The van der Waals surface area contributed by atoms with E-state index in [1.165, 1.54) is 0 Å². The van der Waals surface area contributed by atoms with E-state index in [0.717, 1.165) is 0 Å². The van der Waals surface area contributed by atoms with Crippen LogP contribution in [0.1, 0.15) is 0 Å². The lowest BCUT2D eigenvalue weighted by Crippen LogP contribution is -2.13. The lowest BCUT2D eigenvalue weighted by atomic mass is 10.1. The van der Waals surface area contributed by atoms with Crippen molar-refractivity contribution in [1.82, 2.24) is 0 Å². The van der Waals surface area contributed by atoms with E-state index in [1.807, 2.05) is 6.07 Å². The van der Waals surface area contributed by atoms with Gasteiger partial charge in [0.2, 0.25) is 0 Å². The SMILES string of the molecule is O=S(=O)(Nc1ccccc1)c1ccccc1-c1ccc(Cl)c(Cl)c1. The maximum absolute atomic E-state index is 12.8. The third kappa shape index (κ3) is 3.56. The molecule has 122 valence electrons. The minimum absolute atomic E-state index is 0.173. The Hall–Kier alpha value is -2.01. The van der Waals surface area contributed by atoms with Crippen LogP contribution in [0.5, 0.6) is 0 Å². The Morgan fingerprint density at radius 3 is 2.12 bits per heavy atom. The third-order valence-electron chi connectivity index (χ3n) is 3.43. The van der Waals surface area contributed by atoms with Crippen LogP contribution in [0.3, 0.4) is 0 Å². The number of benzene rings is 3. The molecule has 1 N–H and O–H groups in total. The highest BCUT2D eigenvalue weighted by Gasteiger charge is 2.19. The maximum Gasteiger partial charge on any atom is 0.262 e. The van der Waals surface area contributed by atoms with Crippen molar-refractivity contribution in [2.75, 3.05) is 4.72 Å². The topological polar surface area (TPSA) is 46.2 Å². The molecule has 3 nitrogen and oxygen atoms in total. The van der Waals surface area contributed by atoms with E-state index >= 15 is 0 Å². The molecule has 0 aliphatic rings. The molecule has 0 aromatic heterocycles. The Morgan fingerprint density at radius 1 is 0.750 bits per heavy atom. The first kappa shape index (κ1) is 16.8. The molecule has 0 bridgehead atoms. The first-order valence-corrected chi connectivity index (χ1v) is 9.33. The molecule has 3 rings (SSSR count). The van der Waals surface area contributed by atoms with Crippen LogP contribution in [0.4, 0.5) is 5.69 Å². The van der Waals surface area contributed by atoms with Crippen LogP contribution in [0.25, 0.3) is 11.1 Å². The molecule has 0 aliphatic heterocycles. The van der Waals surface area contributed by atoms with E-state index < -0.39 is 10.0 Å². The highest BCUT2D eigenvalue weighted by Crippen LogP contribution is 2.32. The van der Waals surface area contributed by atoms with E-state index in [4.69, 9.17) is 23.2 Å². The summed E-state index contributed by atoms with van der Waals surface area (Å²) in [5.41, 5.74) is 1.74. The van der Waals surface area contributed by atoms with Gasteiger partial charge in [-0.25, -0.2) is 8.42 Å². The van der Waals surface area contributed by atoms with Gasteiger partial charge in [0.25, 0.3) is 10.0 Å². The van der Waals surface area contributed by atoms with Crippen molar-refractivity contribution in [3.8, 4) is 11.1 Å². The van der Waals surface area contributed by atoms with Crippen molar-refractivity contribution in [1.29, 1.82) is 0 Å². The number of rotatable bonds is 4. The molecule has 0 saturated heterocycles. The average molecular weight is 378 g/mol. The number of nitrogens with one attached hydrogen (secondary N) is 1. The van der Waals surface area contributed by atoms with Gasteiger partial charge in [0.05, 0.1) is 14.9 Å². The number of hydrogen-bond acceptors (Lipinski definition) is 2. The van der Waals surface area contributed by atoms with Crippen LogP contribution in [-0.2, 0) is 10.0 Å². The zero-order valence-electron chi connectivity index (χ0n) is 12.4. The van der Waals surface area contributed by atoms with Crippen LogP contribution in [-0.4, -0.2) is 8.42 Å². The second-order valence-corrected chi connectivity index (χ2v) is 7.56. The molecular formula is C18H13Cl2NO2S. The lowest BCUT2D eigenvalue weighted by molar-refractivity contribution is 0.601. The normalized spacial score (nSPS) is 11.2. The summed E-state index contributed by atoms with van der Waals surface area (Å²) in [7, 11) is -3.74. The zero-order valence-corrected chi connectivity index (χ0v) is 14.7. The quantitative estimate of drug-likeness (QED) is 0.655. The Bertz CT molecular complexity index is 973. The van der Waals surface area contributed by atoms with Gasteiger partial charge in [0, 0.05) is 11.3 Å². The summed E-state index contributed by atoms with van der Waals surface area (Å²) < 4.78 is 28.1. The summed E-state index contributed by atoms with van der Waals surface area (Å²) in [6.45, 7) is 0. The van der Waals surface area contributed by atoms with Crippen molar-refractivity contribution < 1.29 is 8.42 Å². The predicted molar refractivity (Wildman–Crippen MR) is 99.1 cm³/mol. The number of hydrogen-bond donors (Lipinski definition) is 1. The Labute approximate surface area is 150 Å². The number of sulfonamides is 1. The predicted octanol–water partition coefficient (Wildman–Crippen LogP) is 5.46. The summed E-state index contributed by atoms with van der Waals surface area (Å²) >= 11 is 12.0. The molecule has 0 spiro atoms. The summed E-state index contributed by atoms with van der Waals surface area (Å²) in [5.74, 6) is 0. The van der Waals surface area contributed by atoms with Crippen molar-refractivity contribution in [3.63, 3.8) is 0 Å². The molecule has 6 heteroatoms. The van der Waals surface area contributed by atoms with Gasteiger partial charge in [-0.15, -0.1) is 0 Å². The Kier molecular flexibility index (Phi) is 4.81. The zero-order chi connectivity index (χ0) is 17.2. The fourth-order valence-electron chi connectivity index (χ4n) is 2.32. The highest BCUT2D eigenvalue weighted by molar-refractivity contribution is 7.92. The smallest absolute Gasteiger partial charge is 0.262 e. The average Bonchev–Trinajstić information content (AvgIpc) is 2.58. The van der Waals surface area contributed by atoms with Gasteiger partial charge >= 0.3 is 0 Å². The number of para-hydroxylation sites is 1. The van der Waals surface area contributed by atoms with Gasteiger partial charge in [0.15, 0.2) is 0 Å². The molecule has 0 amide bonds. The van der Waals surface area contributed by atoms with Crippen LogP contribution in [0, 0.1) is 0 Å². The minimum atomic E-state index is -3.74. The summed E-state index contributed by atoms with van der Waals surface area (Å²) in [6, 6.07) is 20.5. The number of anilines is 1. The second-order valence-electron chi connectivity index (χ2n) is 5.10. The molecule has 0 unspecified atom stereocenters. The van der Waals surface area contributed by atoms with Gasteiger partial charge in [-0.05, 0) is 35.9 Å². The van der Waals surface area contributed by atoms with E-state index in [-0.39, 0.29) is 4.90 Å². The van der Waals surface area contributed by atoms with Gasteiger partial charge < -0.3 is 0 Å². The Balaban J connectivity index is 2.07. The molecule has 3 aromatic carbocycles. The second kappa shape index (κ2) is 6.85. The van der Waals surface area contributed by atoms with E-state index in [1.54, 1.807) is 66.7 Å². The molecule has 24 heavy (non-hydrogen) atoms. The largest absolute Gasteiger partial charge is 0.280 e. The molecule has 0 radical (unpaired) electrons. The van der Waals surface area contributed by atoms with Crippen LogP contribution >= 0.6 is 23.2 Å². The minimum Gasteiger partial charge on any atom is -0.280 e. The molecular weight excluding hydrogens is 365 g/mol. The molecule has 0 fully saturated rings. The first-order chi connectivity index (χ1) is 11.5. The Morgan fingerprint density at radius 2 is 1.42 bits per heavy atom. The summed E-state index contributed by atoms with van der Waals surface area (Å²) in [4.78, 5) is 0.173. The third-order valence-corrected chi connectivity index (χ3v) is 5.61. The van der Waals surface area contributed by atoms with E-state index in [0.29, 0.717) is 26.9 Å². The van der Waals surface area contributed by atoms with Crippen molar-refractivity contribution in [2.24, 2.45) is 0 Å². The van der Waals surface area contributed by atoms with Gasteiger partial charge in [-0.2, -0.15) is 0 Å². The van der Waals surface area contributed by atoms with Crippen molar-refractivity contribution >= 4 is 38.9 Å². The standard InChI is InChI=1S/C18H13Cl2NO2S/c19-16-11-10-13(12-17(16)20)15-8-4-5-9-18(15)24(22,23)21-14-6-2-1-3-7-14/h1-12,21H.